The molecular weight excluding hydrogens is 324 g/mol. The summed E-state index contributed by atoms with van der Waals surface area (Å²) in [6.45, 7) is 0.100. The number of anilines is 1. The number of rotatable bonds is 4. The average molecular weight is 337 g/mol. The lowest BCUT2D eigenvalue weighted by atomic mass is 10.2. The molecule has 1 aromatic heterocycles. The van der Waals surface area contributed by atoms with Crippen LogP contribution in [0.4, 0.5) is 5.69 Å². The molecule has 2 aromatic rings. The van der Waals surface area contributed by atoms with Crippen LogP contribution in [0, 0.1) is 0 Å². The fraction of sp³-hybridized carbons (Fsp3) is 0.143. The maximum Gasteiger partial charge on any atom is 0.338 e. The Kier molecular flexibility index (Phi) is 4.57. The van der Waals surface area contributed by atoms with Gasteiger partial charge in [0.2, 0.25) is 0 Å². The minimum Gasteiger partial charge on any atom is -0.497 e. The summed E-state index contributed by atoms with van der Waals surface area (Å²) in [5, 5.41) is 0. The number of benzene rings is 1. The van der Waals surface area contributed by atoms with Crippen molar-refractivity contribution in [3.8, 4) is 5.75 Å². The van der Waals surface area contributed by atoms with Gasteiger partial charge in [0.25, 0.3) is 0 Å². The first-order valence-corrected chi connectivity index (χ1v) is 6.60. The fourth-order valence-corrected chi connectivity index (χ4v) is 1.81. The molecule has 2 N–H and O–H groups in total. The van der Waals surface area contributed by atoms with Crippen LogP contribution in [-0.4, -0.2) is 18.1 Å². The second-order valence-corrected chi connectivity index (χ2v) is 4.95. The lowest BCUT2D eigenvalue weighted by Gasteiger charge is -2.07. The van der Waals surface area contributed by atoms with Crippen molar-refractivity contribution in [2.75, 3.05) is 12.8 Å². The fourth-order valence-electron chi connectivity index (χ4n) is 1.57. The number of hydrogen-bond acceptors (Lipinski definition) is 5. The normalized spacial score (nSPS) is 10.1. The van der Waals surface area contributed by atoms with Gasteiger partial charge in [-0.1, -0.05) is 0 Å². The molecule has 0 saturated carbocycles. The van der Waals surface area contributed by atoms with E-state index in [1.165, 1.54) is 7.11 Å². The number of hydrogen-bond donors (Lipinski definition) is 1. The highest BCUT2D eigenvalue weighted by molar-refractivity contribution is 9.10. The Hall–Kier alpha value is -2.08. The Morgan fingerprint density at radius 2 is 2.15 bits per heavy atom. The Balaban J connectivity index is 2.04. The largest absolute Gasteiger partial charge is 0.497 e. The number of ether oxygens (including phenoxy) is 2. The van der Waals surface area contributed by atoms with E-state index >= 15 is 0 Å². The summed E-state index contributed by atoms with van der Waals surface area (Å²) in [7, 11) is 1.51. The van der Waals surface area contributed by atoms with Crippen molar-refractivity contribution in [1.29, 1.82) is 0 Å². The van der Waals surface area contributed by atoms with Gasteiger partial charge < -0.3 is 15.2 Å². The van der Waals surface area contributed by atoms with Crippen molar-refractivity contribution < 1.29 is 14.3 Å². The molecule has 0 aliphatic carbocycles. The lowest BCUT2D eigenvalue weighted by Crippen LogP contribution is -2.07. The van der Waals surface area contributed by atoms with Gasteiger partial charge in [-0.25, -0.2) is 4.79 Å². The van der Waals surface area contributed by atoms with E-state index in [0.717, 1.165) is 4.47 Å². The number of aromatic nitrogens is 1. The highest BCUT2D eigenvalue weighted by Gasteiger charge is 2.10. The third-order valence-corrected chi connectivity index (χ3v) is 3.01. The van der Waals surface area contributed by atoms with Gasteiger partial charge in [0.15, 0.2) is 0 Å². The molecule has 0 aliphatic rings. The first-order chi connectivity index (χ1) is 9.58. The molecule has 1 aromatic carbocycles. The van der Waals surface area contributed by atoms with Crippen LogP contribution in [-0.2, 0) is 11.3 Å². The molecule has 20 heavy (non-hydrogen) atoms. The number of carbonyl (C=O) groups excluding carboxylic acids is 1. The molecule has 0 aliphatic heterocycles. The number of nitrogen functional groups attached to an aromatic ring is 1. The third kappa shape index (κ3) is 3.71. The molecule has 0 saturated heterocycles. The van der Waals surface area contributed by atoms with Gasteiger partial charge >= 0.3 is 5.97 Å². The molecule has 0 spiro atoms. The Morgan fingerprint density at radius 1 is 1.35 bits per heavy atom. The van der Waals surface area contributed by atoms with E-state index in [2.05, 4.69) is 20.9 Å². The van der Waals surface area contributed by atoms with E-state index in [4.69, 9.17) is 15.2 Å². The van der Waals surface area contributed by atoms with E-state index in [1.54, 1.807) is 30.5 Å². The van der Waals surface area contributed by atoms with Gasteiger partial charge in [0, 0.05) is 22.4 Å². The quantitative estimate of drug-likeness (QED) is 0.686. The number of pyridine rings is 1. The number of methoxy groups -OCH3 is 1. The molecule has 1 heterocycles. The van der Waals surface area contributed by atoms with Crippen LogP contribution in [0.1, 0.15) is 16.1 Å². The Morgan fingerprint density at radius 3 is 2.80 bits per heavy atom. The van der Waals surface area contributed by atoms with Crippen molar-refractivity contribution in [2.45, 2.75) is 6.61 Å². The highest BCUT2D eigenvalue weighted by atomic mass is 79.9. The van der Waals surface area contributed by atoms with Crippen molar-refractivity contribution in [2.24, 2.45) is 0 Å². The maximum atomic E-state index is 11.9. The van der Waals surface area contributed by atoms with Crippen LogP contribution < -0.4 is 10.5 Å². The van der Waals surface area contributed by atoms with E-state index in [0.29, 0.717) is 22.7 Å². The standard InChI is InChI=1S/C14H13BrN2O3/c1-19-13-5-9(4-11(16)6-13)14(18)20-8-12-3-2-10(15)7-17-12/h2-7H,8,16H2,1H3. The molecule has 0 unspecified atom stereocenters. The topological polar surface area (TPSA) is 74.4 Å². The molecule has 0 atom stereocenters. The molecule has 0 radical (unpaired) electrons. The first kappa shape index (κ1) is 14.3. The molecule has 104 valence electrons. The van der Waals surface area contributed by atoms with E-state index in [-0.39, 0.29) is 6.61 Å². The summed E-state index contributed by atoms with van der Waals surface area (Å²) in [5.41, 5.74) is 7.14. The van der Waals surface area contributed by atoms with Crippen molar-refractivity contribution in [3.05, 3.63) is 52.3 Å². The number of carbonyl (C=O) groups is 1. The van der Waals surface area contributed by atoms with Gasteiger partial charge in [-0.3, -0.25) is 4.98 Å². The Labute approximate surface area is 124 Å². The molecule has 0 bridgehead atoms. The first-order valence-electron chi connectivity index (χ1n) is 5.80. The van der Waals surface area contributed by atoms with Crippen molar-refractivity contribution in [3.63, 3.8) is 0 Å². The molecule has 2 rings (SSSR count). The zero-order chi connectivity index (χ0) is 14.5. The Bertz CT molecular complexity index is 614. The minimum absolute atomic E-state index is 0.100. The molecule has 0 fully saturated rings. The lowest BCUT2D eigenvalue weighted by molar-refractivity contribution is 0.0467. The summed E-state index contributed by atoms with van der Waals surface area (Å²) in [4.78, 5) is 16.1. The molecular formula is C14H13BrN2O3. The summed E-state index contributed by atoms with van der Waals surface area (Å²) in [6, 6.07) is 8.36. The number of esters is 1. The highest BCUT2D eigenvalue weighted by Crippen LogP contribution is 2.19. The van der Waals surface area contributed by atoms with Crippen LogP contribution in [0.3, 0.4) is 0 Å². The van der Waals surface area contributed by atoms with Gasteiger partial charge in [0.1, 0.15) is 12.4 Å². The van der Waals surface area contributed by atoms with Gasteiger partial charge in [-0.05, 0) is 40.2 Å². The van der Waals surface area contributed by atoms with Crippen LogP contribution in [0.15, 0.2) is 41.0 Å². The number of nitrogens with two attached hydrogens (primary N) is 1. The molecule has 0 amide bonds. The minimum atomic E-state index is -0.472. The summed E-state index contributed by atoms with van der Waals surface area (Å²) in [6.07, 6.45) is 1.65. The zero-order valence-corrected chi connectivity index (χ0v) is 12.4. The zero-order valence-electron chi connectivity index (χ0n) is 10.8. The van der Waals surface area contributed by atoms with E-state index in [9.17, 15) is 4.79 Å². The SMILES string of the molecule is COc1cc(N)cc(C(=O)OCc2ccc(Br)cn2)c1. The monoisotopic (exact) mass is 336 g/mol. The molecule has 6 heteroatoms. The van der Waals surface area contributed by atoms with Crippen LogP contribution in [0.5, 0.6) is 5.75 Å². The second kappa shape index (κ2) is 6.38. The smallest absolute Gasteiger partial charge is 0.338 e. The van der Waals surface area contributed by atoms with Crippen LogP contribution in [0.25, 0.3) is 0 Å². The summed E-state index contributed by atoms with van der Waals surface area (Å²) < 4.78 is 11.1. The van der Waals surface area contributed by atoms with Gasteiger partial charge in [0.05, 0.1) is 18.4 Å². The van der Waals surface area contributed by atoms with Crippen molar-refractivity contribution in [1.82, 2.24) is 4.98 Å². The number of nitrogens with zero attached hydrogens (tertiary/aromatic N) is 1. The van der Waals surface area contributed by atoms with E-state index < -0.39 is 5.97 Å². The van der Waals surface area contributed by atoms with Crippen LogP contribution in [0.2, 0.25) is 0 Å². The van der Waals surface area contributed by atoms with Crippen molar-refractivity contribution >= 4 is 27.6 Å². The van der Waals surface area contributed by atoms with E-state index in [1.807, 2.05) is 6.07 Å². The predicted molar refractivity (Wildman–Crippen MR) is 78.5 cm³/mol. The predicted octanol–water partition coefficient (Wildman–Crippen LogP) is 2.79. The average Bonchev–Trinajstić information content (AvgIpc) is 2.45. The number of halogens is 1. The third-order valence-electron chi connectivity index (χ3n) is 2.54. The summed E-state index contributed by atoms with van der Waals surface area (Å²) in [5.74, 6) is 0.0408. The van der Waals surface area contributed by atoms with Gasteiger partial charge in [-0.15, -0.1) is 0 Å². The maximum absolute atomic E-state index is 11.9. The summed E-state index contributed by atoms with van der Waals surface area (Å²) >= 11 is 3.29. The van der Waals surface area contributed by atoms with Gasteiger partial charge in [-0.2, -0.15) is 0 Å². The van der Waals surface area contributed by atoms with Crippen LogP contribution >= 0.6 is 15.9 Å². The second-order valence-electron chi connectivity index (χ2n) is 4.04. The molecule has 5 nitrogen and oxygen atoms in total.